The molecule has 1 aliphatic heterocycles. The summed E-state index contributed by atoms with van der Waals surface area (Å²) < 4.78 is 5.25. The lowest BCUT2D eigenvalue weighted by atomic mass is 9.96. The Bertz CT molecular complexity index is 479. The first-order valence-electron chi connectivity index (χ1n) is 6.38. The van der Waals surface area contributed by atoms with Crippen molar-refractivity contribution in [3.63, 3.8) is 0 Å². The van der Waals surface area contributed by atoms with Gasteiger partial charge in [0.2, 0.25) is 0 Å². The van der Waals surface area contributed by atoms with Crippen LogP contribution in [0.3, 0.4) is 0 Å². The third-order valence-corrected chi connectivity index (χ3v) is 3.08. The molecule has 0 bridgehead atoms. The summed E-state index contributed by atoms with van der Waals surface area (Å²) in [6.07, 6.45) is 0.596. The number of nitrogens with one attached hydrogen (secondary N) is 2. The second kappa shape index (κ2) is 5.39. The van der Waals surface area contributed by atoms with Crippen LogP contribution in [0.15, 0.2) is 18.2 Å². The van der Waals surface area contributed by atoms with Gasteiger partial charge in [-0.05, 0) is 57.5 Å². The monoisotopic (exact) mass is 282 g/mol. The van der Waals surface area contributed by atoms with E-state index in [-0.39, 0.29) is 6.04 Å². The molecule has 1 amide bonds. The molecule has 0 spiro atoms. The first-order valence-corrected chi connectivity index (χ1v) is 6.76. The average molecular weight is 283 g/mol. The zero-order valence-corrected chi connectivity index (χ0v) is 12.2. The molecule has 1 heterocycles. The van der Waals surface area contributed by atoms with Crippen LogP contribution in [0, 0.1) is 0 Å². The fourth-order valence-electron chi connectivity index (χ4n) is 1.90. The van der Waals surface area contributed by atoms with Gasteiger partial charge in [-0.1, -0.05) is 11.6 Å². The van der Waals surface area contributed by atoms with Gasteiger partial charge in [-0.15, -0.1) is 0 Å². The molecule has 2 rings (SSSR count). The van der Waals surface area contributed by atoms with Crippen LogP contribution < -0.4 is 10.6 Å². The fraction of sp³-hybridized carbons (Fsp3) is 0.500. The second-order valence-electron chi connectivity index (χ2n) is 5.65. The lowest BCUT2D eigenvalue weighted by Crippen LogP contribution is -2.36. The summed E-state index contributed by atoms with van der Waals surface area (Å²) in [6.45, 7) is 6.50. The van der Waals surface area contributed by atoms with Gasteiger partial charge < -0.3 is 10.1 Å². The molecule has 2 N–H and O–H groups in total. The fourth-order valence-corrected chi connectivity index (χ4v) is 2.08. The third kappa shape index (κ3) is 3.85. The maximum atomic E-state index is 11.8. The Hall–Kier alpha value is -1.26. The number of carbonyl (C=O) groups is 1. The minimum Gasteiger partial charge on any atom is -0.444 e. The molecular weight excluding hydrogens is 264 g/mol. The van der Waals surface area contributed by atoms with E-state index in [1.807, 2.05) is 32.9 Å². The van der Waals surface area contributed by atoms with E-state index in [0.717, 1.165) is 24.2 Å². The van der Waals surface area contributed by atoms with E-state index < -0.39 is 11.7 Å². The average Bonchev–Trinajstić information content (AvgIpc) is 2.16. The van der Waals surface area contributed by atoms with Crippen LogP contribution in [0.25, 0.3) is 0 Å². The highest BCUT2D eigenvalue weighted by Gasteiger charge is 2.23. The SMILES string of the molecule is CC(C)(C)OC(=O)Nc1ccc(Cl)cc1C1CCN1. The minimum absolute atomic E-state index is 0.253. The van der Waals surface area contributed by atoms with E-state index in [9.17, 15) is 4.79 Å². The van der Waals surface area contributed by atoms with Gasteiger partial charge in [0.25, 0.3) is 0 Å². The summed E-state index contributed by atoms with van der Waals surface area (Å²) >= 11 is 6.01. The molecule has 0 saturated carbocycles. The van der Waals surface area contributed by atoms with E-state index in [4.69, 9.17) is 16.3 Å². The molecule has 1 fully saturated rings. The van der Waals surface area contributed by atoms with Gasteiger partial charge in [0.1, 0.15) is 5.60 Å². The van der Waals surface area contributed by atoms with Crippen LogP contribution >= 0.6 is 11.6 Å². The van der Waals surface area contributed by atoms with E-state index in [2.05, 4.69) is 10.6 Å². The maximum Gasteiger partial charge on any atom is 0.412 e. The third-order valence-electron chi connectivity index (χ3n) is 2.85. The van der Waals surface area contributed by atoms with Crippen molar-refractivity contribution in [3.8, 4) is 0 Å². The van der Waals surface area contributed by atoms with E-state index in [1.54, 1.807) is 6.07 Å². The lowest BCUT2D eigenvalue weighted by Gasteiger charge is -2.30. The smallest absolute Gasteiger partial charge is 0.412 e. The van der Waals surface area contributed by atoms with Crippen LogP contribution in [-0.2, 0) is 4.74 Å². The quantitative estimate of drug-likeness (QED) is 0.869. The first-order chi connectivity index (χ1) is 8.85. The molecule has 104 valence electrons. The Morgan fingerprint density at radius 1 is 1.47 bits per heavy atom. The van der Waals surface area contributed by atoms with Crippen LogP contribution in [0.1, 0.15) is 38.8 Å². The van der Waals surface area contributed by atoms with Crippen molar-refractivity contribution in [2.75, 3.05) is 11.9 Å². The number of rotatable bonds is 2. The Kier molecular flexibility index (Phi) is 4.02. The Morgan fingerprint density at radius 3 is 2.68 bits per heavy atom. The summed E-state index contributed by atoms with van der Waals surface area (Å²) in [5, 5.41) is 6.75. The van der Waals surface area contributed by atoms with Crippen molar-refractivity contribution in [3.05, 3.63) is 28.8 Å². The van der Waals surface area contributed by atoms with Crippen LogP contribution in [0.5, 0.6) is 0 Å². The number of ether oxygens (including phenoxy) is 1. The predicted octanol–water partition coefficient (Wildman–Crippen LogP) is 3.72. The normalized spacial score (nSPS) is 18.6. The highest BCUT2D eigenvalue weighted by atomic mass is 35.5. The molecule has 1 saturated heterocycles. The summed E-state index contributed by atoms with van der Waals surface area (Å²) in [5.41, 5.74) is 1.24. The van der Waals surface area contributed by atoms with Crippen LogP contribution in [0.4, 0.5) is 10.5 Å². The number of hydrogen-bond donors (Lipinski definition) is 2. The van der Waals surface area contributed by atoms with Crippen molar-refractivity contribution in [1.29, 1.82) is 0 Å². The minimum atomic E-state index is -0.509. The summed E-state index contributed by atoms with van der Waals surface area (Å²) in [7, 11) is 0. The molecule has 4 nitrogen and oxygen atoms in total. The molecular formula is C14H19ClN2O2. The number of carbonyl (C=O) groups excluding carboxylic acids is 1. The van der Waals surface area contributed by atoms with Crippen LogP contribution in [-0.4, -0.2) is 18.2 Å². The summed E-state index contributed by atoms with van der Waals surface area (Å²) in [4.78, 5) is 11.8. The van der Waals surface area contributed by atoms with Gasteiger partial charge in [0, 0.05) is 16.8 Å². The number of benzene rings is 1. The van der Waals surface area contributed by atoms with Crippen molar-refractivity contribution in [2.24, 2.45) is 0 Å². The molecule has 1 aromatic rings. The van der Waals surface area contributed by atoms with E-state index in [1.165, 1.54) is 0 Å². The van der Waals surface area contributed by atoms with Gasteiger partial charge in [-0.3, -0.25) is 5.32 Å². The molecule has 1 aliphatic rings. The van der Waals surface area contributed by atoms with Gasteiger partial charge in [0.05, 0.1) is 0 Å². The number of halogens is 1. The van der Waals surface area contributed by atoms with Crippen molar-refractivity contribution in [1.82, 2.24) is 5.32 Å². The molecule has 0 radical (unpaired) electrons. The maximum absolute atomic E-state index is 11.8. The molecule has 5 heteroatoms. The Balaban J connectivity index is 2.13. The highest BCUT2D eigenvalue weighted by molar-refractivity contribution is 6.30. The molecule has 1 unspecified atom stereocenters. The standard InChI is InChI=1S/C14H19ClN2O2/c1-14(2,3)19-13(18)17-12-5-4-9(15)8-10(12)11-6-7-16-11/h4-5,8,11,16H,6-7H2,1-3H3,(H,17,18). The first kappa shape index (κ1) is 14.2. The molecule has 19 heavy (non-hydrogen) atoms. The molecule has 0 aliphatic carbocycles. The topological polar surface area (TPSA) is 50.4 Å². The largest absolute Gasteiger partial charge is 0.444 e. The zero-order valence-electron chi connectivity index (χ0n) is 11.4. The number of hydrogen-bond acceptors (Lipinski definition) is 3. The van der Waals surface area contributed by atoms with Gasteiger partial charge in [-0.25, -0.2) is 4.79 Å². The van der Waals surface area contributed by atoms with E-state index in [0.29, 0.717) is 5.02 Å². The molecule has 0 aromatic heterocycles. The number of amides is 1. The molecule has 1 aromatic carbocycles. The van der Waals surface area contributed by atoms with Gasteiger partial charge in [-0.2, -0.15) is 0 Å². The lowest BCUT2D eigenvalue weighted by molar-refractivity contribution is 0.0635. The predicted molar refractivity (Wildman–Crippen MR) is 76.7 cm³/mol. The van der Waals surface area contributed by atoms with Crippen molar-refractivity contribution < 1.29 is 9.53 Å². The summed E-state index contributed by atoms with van der Waals surface area (Å²) in [5.74, 6) is 0. The van der Waals surface area contributed by atoms with Crippen LogP contribution in [0.2, 0.25) is 5.02 Å². The van der Waals surface area contributed by atoms with Gasteiger partial charge >= 0.3 is 6.09 Å². The Morgan fingerprint density at radius 2 is 2.16 bits per heavy atom. The van der Waals surface area contributed by atoms with Crippen molar-refractivity contribution >= 4 is 23.4 Å². The molecule has 1 atom stereocenters. The highest BCUT2D eigenvalue weighted by Crippen LogP contribution is 2.32. The summed E-state index contributed by atoms with van der Waals surface area (Å²) in [6, 6.07) is 5.70. The zero-order chi connectivity index (χ0) is 14.0. The van der Waals surface area contributed by atoms with Crippen molar-refractivity contribution in [2.45, 2.75) is 38.8 Å². The Labute approximate surface area is 118 Å². The second-order valence-corrected chi connectivity index (χ2v) is 6.09. The number of anilines is 1. The van der Waals surface area contributed by atoms with Gasteiger partial charge in [0.15, 0.2) is 0 Å². The van der Waals surface area contributed by atoms with E-state index >= 15 is 0 Å².